The first-order chi connectivity index (χ1) is 20.7. The summed E-state index contributed by atoms with van der Waals surface area (Å²) in [7, 11) is 0. The third-order valence-electron chi connectivity index (χ3n) is 8.10. The first kappa shape index (κ1) is 25.8. The maximum atomic E-state index is 10.1. The lowest BCUT2D eigenvalue weighted by molar-refractivity contribution is 1.17. The summed E-state index contributed by atoms with van der Waals surface area (Å²) in [6.45, 7) is 0. The van der Waals surface area contributed by atoms with Gasteiger partial charge in [0, 0.05) is 32.9 Å². The summed E-state index contributed by atoms with van der Waals surface area (Å²) in [5, 5.41) is 24.8. The Morgan fingerprint density at radius 2 is 0.698 bits per heavy atom. The lowest BCUT2D eigenvalue weighted by atomic mass is 9.99. The van der Waals surface area contributed by atoms with E-state index in [0.717, 1.165) is 66.1 Å². The lowest BCUT2D eigenvalue weighted by Gasteiger charge is -2.14. The zero-order valence-electron chi connectivity index (χ0n) is 22.5. The third kappa shape index (κ3) is 3.97. The number of aromatic nitrogens is 2. The highest BCUT2D eigenvalue weighted by atomic mass is 15.0. The van der Waals surface area contributed by atoms with Crippen LogP contribution in [-0.4, -0.2) is 9.13 Å². The van der Waals surface area contributed by atoms with Crippen LogP contribution in [0.15, 0.2) is 133 Å². The molecule has 0 atom stereocenters. The van der Waals surface area contributed by atoms with Crippen LogP contribution < -0.4 is 0 Å². The SMILES string of the molecule is C.N#Cc1cc(-c2cc(C#N)cc(-n3c4ccccc4c4ccccc43)c2)cc(-n2c3ccccc3c3ccccc32)c1. The molecule has 43 heavy (non-hydrogen) atoms. The van der Waals surface area contributed by atoms with Crippen molar-refractivity contribution < 1.29 is 0 Å². The standard InChI is InChI=1S/C38H22N4.CH4/c39-23-25-17-27(21-29(19-25)41-35-13-5-1-9-31(35)32-10-2-6-14-36(32)41)28-18-26(24-40)20-30(22-28)42-37-15-7-3-11-33(37)34-12-4-8-16-38(34)42;/h1-22H;1H4. The van der Waals surface area contributed by atoms with Crippen molar-refractivity contribution >= 4 is 43.6 Å². The minimum absolute atomic E-state index is 0. The molecule has 6 aromatic carbocycles. The summed E-state index contributed by atoms with van der Waals surface area (Å²) in [5.41, 5.74) is 9.01. The van der Waals surface area contributed by atoms with E-state index in [1.165, 1.54) is 0 Å². The molecule has 0 radical (unpaired) electrons. The third-order valence-corrected chi connectivity index (χ3v) is 8.10. The number of nitrogens with zero attached hydrogens (tertiary/aromatic N) is 4. The van der Waals surface area contributed by atoms with Crippen molar-refractivity contribution in [3.05, 3.63) is 145 Å². The van der Waals surface area contributed by atoms with Crippen LogP contribution >= 0.6 is 0 Å². The number of rotatable bonds is 3. The first-order valence-electron chi connectivity index (χ1n) is 13.8. The highest BCUT2D eigenvalue weighted by Crippen LogP contribution is 2.36. The van der Waals surface area contributed by atoms with Gasteiger partial charge in [-0.05, 0) is 71.8 Å². The van der Waals surface area contributed by atoms with E-state index in [0.29, 0.717) is 11.1 Å². The van der Waals surface area contributed by atoms with E-state index in [4.69, 9.17) is 0 Å². The average Bonchev–Trinajstić information content (AvgIpc) is 3.57. The van der Waals surface area contributed by atoms with Crippen LogP contribution in [0, 0.1) is 22.7 Å². The zero-order chi connectivity index (χ0) is 28.2. The van der Waals surface area contributed by atoms with Crippen molar-refractivity contribution in [1.29, 1.82) is 10.5 Å². The van der Waals surface area contributed by atoms with Gasteiger partial charge in [-0.1, -0.05) is 80.2 Å². The summed E-state index contributed by atoms with van der Waals surface area (Å²) in [4.78, 5) is 0. The minimum Gasteiger partial charge on any atom is -0.309 e. The summed E-state index contributed by atoms with van der Waals surface area (Å²) in [6.07, 6.45) is 0. The molecule has 2 aromatic heterocycles. The fourth-order valence-electron chi connectivity index (χ4n) is 6.34. The molecule has 202 valence electrons. The van der Waals surface area contributed by atoms with Crippen LogP contribution in [0.4, 0.5) is 0 Å². The number of para-hydroxylation sites is 4. The Labute approximate surface area is 249 Å². The molecule has 0 saturated heterocycles. The predicted molar refractivity (Wildman–Crippen MR) is 177 cm³/mol. The molecular weight excluding hydrogens is 524 g/mol. The molecule has 0 fully saturated rings. The van der Waals surface area contributed by atoms with Crippen molar-refractivity contribution in [2.75, 3.05) is 0 Å². The number of hydrogen-bond donors (Lipinski definition) is 0. The van der Waals surface area contributed by atoms with E-state index >= 15 is 0 Å². The van der Waals surface area contributed by atoms with E-state index in [-0.39, 0.29) is 7.43 Å². The normalized spacial score (nSPS) is 11.0. The second kappa shape index (κ2) is 10.1. The molecule has 0 aliphatic rings. The van der Waals surface area contributed by atoms with E-state index in [1.807, 2.05) is 48.5 Å². The highest BCUT2D eigenvalue weighted by Gasteiger charge is 2.16. The Morgan fingerprint density at radius 3 is 1.00 bits per heavy atom. The van der Waals surface area contributed by atoms with Gasteiger partial charge in [0.15, 0.2) is 0 Å². The van der Waals surface area contributed by atoms with Gasteiger partial charge >= 0.3 is 0 Å². The summed E-state index contributed by atoms with van der Waals surface area (Å²) >= 11 is 0. The molecule has 0 aliphatic carbocycles. The number of benzene rings is 6. The molecular formula is C39H26N4. The number of hydrogen-bond acceptors (Lipinski definition) is 2. The Balaban J connectivity index is 0.00000300. The summed E-state index contributed by atoms with van der Waals surface area (Å²) in [5.74, 6) is 0. The Bertz CT molecular complexity index is 2160. The van der Waals surface area contributed by atoms with Gasteiger partial charge in [0.05, 0.1) is 45.3 Å². The van der Waals surface area contributed by atoms with E-state index in [9.17, 15) is 10.5 Å². The number of fused-ring (bicyclic) bond motifs is 6. The second-order valence-electron chi connectivity index (χ2n) is 10.5. The maximum absolute atomic E-state index is 10.1. The van der Waals surface area contributed by atoms with E-state index < -0.39 is 0 Å². The van der Waals surface area contributed by atoms with Crippen molar-refractivity contribution in [1.82, 2.24) is 9.13 Å². The van der Waals surface area contributed by atoms with E-state index in [1.54, 1.807) is 0 Å². The van der Waals surface area contributed by atoms with Gasteiger partial charge in [-0.25, -0.2) is 0 Å². The molecule has 0 N–H and O–H groups in total. The molecule has 0 unspecified atom stereocenters. The summed E-state index contributed by atoms with van der Waals surface area (Å²) in [6, 6.07) is 50.1. The molecule has 4 heteroatoms. The van der Waals surface area contributed by atoms with Gasteiger partial charge < -0.3 is 9.13 Å². The Morgan fingerprint density at radius 1 is 0.395 bits per heavy atom. The van der Waals surface area contributed by atoms with Gasteiger partial charge in [-0.3, -0.25) is 0 Å². The van der Waals surface area contributed by atoms with Crippen molar-refractivity contribution in [3.8, 4) is 34.6 Å². The van der Waals surface area contributed by atoms with Gasteiger partial charge in [0.2, 0.25) is 0 Å². The Hall–Kier alpha value is -6.10. The van der Waals surface area contributed by atoms with E-state index in [2.05, 4.69) is 106 Å². The maximum Gasteiger partial charge on any atom is 0.0992 e. The van der Waals surface area contributed by atoms with Crippen LogP contribution in [0.2, 0.25) is 0 Å². The Kier molecular flexibility index (Phi) is 6.05. The van der Waals surface area contributed by atoms with Crippen molar-refractivity contribution in [2.45, 2.75) is 7.43 Å². The zero-order valence-corrected chi connectivity index (χ0v) is 22.5. The number of nitriles is 2. The van der Waals surface area contributed by atoms with Gasteiger partial charge in [-0.15, -0.1) is 0 Å². The molecule has 4 nitrogen and oxygen atoms in total. The average molecular weight is 551 g/mol. The van der Waals surface area contributed by atoms with Crippen LogP contribution in [-0.2, 0) is 0 Å². The molecule has 8 rings (SSSR count). The molecule has 0 aliphatic heterocycles. The van der Waals surface area contributed by atoms with Gasteiger partial charge in [0.1, 0.15) is 0 Å². The second-order valence-corrected chi connectivity index (χ2v) is 10.5. The fraction of sp³-hybridized carbons (Fsp3) is 0.0256. The van der Waals surface area contributed by atoms with Crippen LogP contribution in [0.1, 0.15) is 18.6 Å². The highest BCUT2D eigenvalue weighted by molar-refractivity contribution is 6.10. The lowest BCUT2D eigenvalue weighted by Crippen LogP contribution is -1.98. The molecule has 0 spiro atoms. The largest absolute Gasteiger partial charge is 0.309 e. The smallest absolute Gasteiger partial charge is 0.0992 e. The molecule has 0 saturated carbocycles. The van der Waals surface area contributed by atoms with Crippen molar-refractivity contribution in [3.63, 3.8) is 0 Å². The van der Waals surface area contributed by atoms with Crippen LogP contribution in [0.5, 0.6) is 0 Å². The van der Waals surface area contributed by atoms with Gasteiger partial charge in [-0.2, -0.15) is 10.5 Å². The summed E-state index contributed by atoms with van der Waals surface area (Å²) < 4.78 is 4.44. The topological polar surface area (TPSA) is 57.4 Å². The fourth-order valence-corrected chi connectivity index (χ4v) is 6.34. The molecule has 0 bridgehead atoms. The predicted octanol–water partition coefficient (Wildman–Crippen LogP) is 9.93. The monoisotopic (exact) mass is 550 g/mol. The van der Waals surface area contributed by atoms with Crippen molar-refractivity contribution in [2.24, 2.45) is 0 Å². The quantitative estimate of drug-likeness (QED) is 0.220. The van der Waals surface area contributed by atoms with Crippen LogP contribution in [0.3, 0.4) is 0 Å². The first-order valence-corrected chi connectivity index (χ1v) is 13.8. The van der Waals surface area contributed by atoms with Crippen LogP contribution in [0.25, 0.3) is 66.1 Å². The van der Waals surface area contributed by atoms with Gasteiger partial charge in [0.25, 0.3) is 0 Å². The molecule has 2 heterocycles. The minimum atomic E-state index is 0. The molecule has 0 amide bonds. The molecule has 8 aromatic rings.